The lowest BCUT2D eigenvalue weighted by Crippen LogP contribution is -2.54. The van der Waals surface area contributed by atoms with Gasteiger partial charge in [-0.1, -0.05) is 32.3 Å². The number of hydrogen-bond acceptors (Lipinski definition) is 4. The first kappa shape index (κ1) is 20.6. The summed E-state index contributed by atoms with van der Waals surface area (Å²) in [5.41, 5.74) is 1.41. The van der Waals surface area contributed by atoms with Crippen LogP contribution < -0.4 is 0 Å². The third-order valence-corrected chi connectivity index (χ3v) is 8.78. The lowest BCUT2D eigenvalue weighted by Gasteiger charge is -2.56. The number of allylic oxidation sites excluding steroid dienone is 1. The van der Waals surface area contributed by atoms with Crippen molar-refractivity contribution in [1.29, 1.82) is 0 Å². The van der Waals surface area contributed by atoms with Crippen LogP contribution >= 0.6 is 0 Å². The molecule has 3 saturated carbocycles. The highest BCUT2D eigenvalue weighted by atomic mass is 17.2. The average Bonchev–Trinajstić information content (AvgIpc) is 3.02. The SMILES string of the molecule is CCC[C@@H]1C[C@H]2[C@@H]3C(=O)C=C4C[C@H](O)CC[C@]4(C)[C@H]3CC[C@]2(COOCC)C1. The summed E-state index contributed by atoms with van der Waals surface area (Å²) in [6, 6.07) is 0. The minimum absolute atomic E-state index is 0.0909. The summed E-state index contributed by atoms with van der Waals surface area (Å²) in [6.07, 6.45) is 11.3. The largest absolute Gasteiger partial charge is 0.393 e. The second-order valence-corrected chi connectivity index (χ2v) is 10.3. The van der Waals surface area contributed by atoms with Gasteiger partial charge in [0.05, 0.1) is 19.3 Å². The molecule has 0 aromatic rings. The molecule has 1 N–H and O–H groups in total. The number of aliphatic hydroxyl groups excluding tert-OH is 1. The predicted octanol–water partition coefficient (Wildman–Crippen LogP) is 4.85. The Hall–Kier alpha value is -0.710. The molecule has 0 bridgehead atoms. The summed E-state index contributed by atoms with van der Waals surface area (Å²) < 4.78 is 0. The van der Waals surface area contributed by atoms with Gasteiger partial charge in [0.15, 0.2) is 5.78 Å². The van der Waals surface area contributed by atoms with Gasteiger partial charge in [0.1, 0.15) is 0 Å². The lowest BCUT2D eigenvalue weighted by atomic mass is 9.47. The Kier molecular flexibility index (Phi) is 5.76. The van der Waals surface area contributed by atoms with Gasteiger partial charge in [-0.2, -0.15) is 0 Å². The highest BCUT2D eigenvalue weighted by Gasteiger charge is 2.61. The van der Waals surface area contributed by atoms with Crippen LogP contribution in [0.1, 0.15) is 78.6 Å². The molecule has 7 atom stereocenters. The van der Waals surface area contributed by atoms with Crippen LogP contribution in [0.5, 0.6) is 0 Å². The van der Waals surface area contributed by atoms with Crippen LogP contribution in [0.4, 0.5) is 0 Å². The van der Waals surface area contributed by atoms with E-state index in [1.807, 2.05) is 13.0 Å². The Labute approximate surface area is 170 Å². The summed E-state index contributed by atoms with van der Waals surface area (Å²) in [5.74, 6) is 2.01. The van der Waals surface area contributed by atoms with Crippen molar-refractivity contribution in [3.05, 3.63) is 11.6 Å². The van der Waals surface area contributed by atoms with Crippen LogP contribution in [0.3, 0.4) is 0 Å². The zero-order valence-electron chi connectivity index (χ0n) is 17.9. The normalized spacial score (nSPS) is 45.2. The Morgan fingerprint density at radius 3 is 2.75 bits per heavy atom. The summed E-state index contributed by atoms with van der Waals surface area (Å²) in [7, 11) is 0. The Morgan fingerprint density at radius 2 is 2.00 bits per heavy atom. The maximum atomic E-state index is 13.4. The number of carbonyl (C=O) groups excluding carboxylic acids is 1. The molecule has 0 heterocycles. The van der Waals surface area contributed by atoms with Crippen molar-refractivity contribution in [2.75, 3.05) is 13.2 Å². The monoisotopic (exact) mass is 390 g/mol. The third kappa shape index (κ3) is 3.30. The second-order valence-electron chi connectivity index (χ2n) is 10.3. The first-order chi connectivity index (χ1) is 13.4. The van der Waals surface area contributed by atoms with Gasteiger partial charge in [-0.3, -0.25) is 4.79 Å². The molecule has 3 fully saturated rings. The van der Waals surface area contributed by atoms with Crippen molar-refractivity contribution >= 4 is 5.78 Å². The number of carbonyl (C=O) groups is 1. The molecule has 158 valence electrons. The lowest BCUT2D eigenvalue weighted by molar-refractivity contribution is -0.313. The van der Waals surface area contributed by atoms with E-state index in [0.717, 1.165) is 32.1 Å². The van der Waals surface area contributed by atoms with Crippen molar-refractivity contribution in [3.8, 4) is 0 Å². The Morgan fingerprint density at radius 1 is 1.18 bits per heavy atom. The minimum Gasteiger partial charge on any atom is -0.393 e. The zero-order valence-corrected chi connectivity index (χ0v) is 17.9. The quantitative estimate of drug-likeness (QED) is 0.400. The van der Waals surface area contributed by atoms with E-state index in [4.69, 9.17) is 9.78 Å². The van der Waals surface area contributed by atoms with Crippen LogP contribution in [-0.4, -0.2) is 30.2 Å². The van der Waals surface area contributed by atoms with Gasteiger partial charge >= 0.3 is 0 Å². The molecule has 0 saturated heterocycles. The molecule has 4 aliphatic rings. The number of fused-ring (bicyclic) bond motifs is 5. The molecule has 0 radical (unpaired) electrons. The van der Waals surface area contributed by atoms with Crippen LogP contribution in [0.25, 0.3) is 0 Å². The van der Waals surface area contributed by atoms with Crippen LogP contribution in [0.15, 0.2) is 11.6 Å². The molecule has 4 rings (SSSR count). The van der Waals surface area contributed by atoms with Crippen molar-refractivity contribution in [1.82, 2.24) is 0 Å². The molecule has 0 aromatic carbocycles. The van der Waals surface area contributed by atoms with Gasteiger partial charge in [0.2, 0.25) is 0 Å². The second kappa shape index (κ2) is 7.85. The first-order valence-electron chi connectivity index (χ1n) is 11.6. The van der Waals surface area contributed by atoms with E-state index in [-0.39, 0.29) is 22.9 Å². The molecule has 0 unspecified atom stereocenters. The average molecular weight is 391 g/mol. The summed E-state index contributed by atoms with van der Waals surface area (Å²) >= 11 is 0. The topological polar surface area (TPSA) is 55.8 Å². The van der Waals surface area contributed by atoms with Gasteiger partial charge in [0.25, 0.3) is 0 Å². The molecule has 4 nitrogen and oxygen atoms in total. The van der Waals surface area contributed by atoms with Crippen molar-refractivity contribution < 1.29 is 19.7 Å². The fourth-order valence-corrected chi connectivity index (χ4v) is 7.49. The molecule has 0 amide bonds. The molecule has 0 aromatic heterocycles. The van der Waals surface area contributed by atoms with E-state index >= 15 is 0 Å². The van der Waals surface area contributed by atoms with E-state index in [1.54, 1.807) is 0 Å². The Bertz CT molecular complexity index is 628. The van der Waals surface area contributed by atoms with Crippen molar-refractivity contribution in [2.45, 2.75) is 84.7 Å². The summed E-state index contributed by atoms with van der Waals surface area (Å²) in [5, 5.41) is 10.2. The molecule has 0 spiro atoms. The molecule has 28 heavy (non-hydrogen) atoms. The maximum absolute atomic E-state index is 13.4. The van der Waals surface area contributed by atoms with Crippen LogP contribution in [0.2, 0.25) is 0 Å². The minimum atomic E-state index is -0.272. The van der Waals surface area contributed by atoms with E-state index in [0.29, 0.717) is 43.2 Å². The van der Waals surface area contributed by atoms with Gasteiger partial charge in [-0.15, -0.1) is 0 Å². The molecule has 4 heteroatoms. The van der Waals surface area contributed by atoms with Crippen LogP contribution in [-0.2, 0) is 14.6 Å². The first-order valence-corrected chi connectivity index (χ1v) is 11.6. The van der Waals surface area contributed by atoms with Crippen LogP contribution in [0, 0.1) is 34.5 Å². The number of ketones is 1. The summed E-state index contributed by atoms with van der Waals surface area (Å²) in [4.78, 5) is 24.3. The fraction of sp³-hybridized carbons (Fsp3) is 0.875. The van der Waals surface area contributed by atoms with Crippen molar-refractivity contribution in [2.24, 2.45) is 34.5 Å². The smallest absolute Gasteiger partial charge is 0.159 e. The number of hydrogen-bond donors (Lipinski definition) is 1. The third-order valence-electron chi connectivity index (χ3n) is 8.78. The van der Waals surface area contributed by atoms with Gasteiger partial charge in [0, 0.05) is 11.3 Å². The summed E-state index contributed by atoms with van der Waals surface area (Å²) in [6.45, 7) is 7.79. The van der Waals surface area contributed by atoms with E-state index in [9.17, 15) is 9.90 Å². The van der Waals surface area contributed by atoms with Gasteiger partial charge < -0.3 is 5.11 Å². The predicted molar refractivity (Wildman–Crippen MR) is 108 cm³/mol. The highest BCUT2D eigenvalue weighted by Crippen LogP contribution is 2.65. The van der Waals surface area contributed by atoms with E-state index in [2.05, 4.69) is 13.8 Å². The number of aliphatic hydroxyl groups is 1. The zero-order chi connectivity index (χ0) is 19.9. The standard InChI is InChI=1S/C24H38O4/c1-4-6-16-11-20-22-19(8-10-24(20,14-16)15-28-27-5-2)23(3)9-7-18(25)12-17(23)13-21(22)26/h13,16,18-20,22,25H,4-12,14-15H2,1-3H3/t16-,18-,19+,20+,22-,23+,24-/m1/s1. The molecule has 4 aliphatic carbocycles. The fourth-order valence-electron chi connectivity index (χ4n) is 7.49. The molecule has 0 aliphatic heterocycles. The Balaban J connectivity index is 1.65. The van der Waals surface area contributed by atoms with Crippen molar-refractivity contribution in [3.63, 3.8) is 0 Å². The number of rotatable bonds is 6. The highest BCUT2D eigenvalue weighted by molar-refractivity contribution is 5.94. The van der Waals surface area contributed by atoms with E-state index < -0.39 is 0 Å². The molecular formula is C24H38O4. The van der Waals surface area contributed by atoms with Gasteiger partial charge in [-0.25, -0.2) is 9.78 Å². The van der Waals surface area contributed by atoms with E-state index in [1.165, 1.54) is 24.8 Å². The maximum Gasteiger partial charge on any atom is 0.159 e. The van der Waals surface area contributed by atoms with Gasteiger partial charge in [-0.05, 0) is 81.1 Å². The molecular weight excluding hydrogens is 352 g/mol.